The molecule has 0 atom stereocenters. The molecule has 0 radical (unpaired) electrons. The number of benzene rings is 2. The highest BCUT2D eigenvalue weighted by Gasteiger charge is 2.14. The third kappa shape index (κ3) is 3.99. The van der Waals surface area contributed by atoms with Gasteiger partial charge >= 0.3 is 11.8 Å². The predicted octanol–water partition coefficient (Wildman–Crippen LogP) is 1.98. The highest BCUT2D eigenvalue weighted by molar-refractivity contribution is 6.39. The minimum atomic E-state index is -0.765. The summed E-state index contributed by atoms with van der Waals surface area (Å²) >= 11 is 0. The zero-order valence-corrected chi connectivity index (χ0v) is 13.4. The second-order valence-corrected chi connectivity index (χ2v) is 5.48. The lowest BCUT2D eigenvalue weighted by Gasteiger charge is -2.09. The Labute approximate surface area is 144 Å². The second-order valence-electron chi connectivity index (χ2n) is 5.48. The first-order valence-corrected chi connectivity index (χ1v) is 7.79. The van der Waals surface area contributed by atoms with E-state index in [0.29, 0.717) is 11.3 Å². The third-order valence-corrected chi connectivity index (χ3v) is 3.78. The number of aliphatic hydroxyl groups is 1. The zero-order valence-electron chi connectivity index (χ0n) is 13.4. The molecule has 3 aromatic rings. The first-order valence-electron chi connectivity index (χ1n) is 7.79. The van der Waals surface area contributed by atoms with E-state index in [1.165, 1.54) is 6.20 Å². The Morgan fingerprint density at radius 2 is 1.68 bits per heavy atom. The number of pyridine rings is 1. The largest absolute Gasteiger partial charge is 0.392 e. The molecule has 1 aromatic heterocycles. The number of fused-ring (bicyclic) bond motifs is 1. The number of carbonyl (C=O) groups is 2. The number of para-hydroxylation sites is 1. The van der Waals surface area contributed by atoms with Crippen molar-refractivity contribution >= 4 is 28.4 Å². The molecule has 0 aliphatic heterocycles. The summed E-state index contributed by atoms with van der Waals surface area (Å²) < 4.78 is 0. The van der Waals surface area contributed by atoms with Crippen LogP contribution in [-0.2, 0) is 22.7 Å². The van der Waals surface area contributed by atoms with Crippen LogP contribution in [0.5, 0.6) is 0 Å². The molecule has 0 fully saturated rings. The summed E-state index contributed by atoms with van der Waals surface area (Å²) in [5.41, 5.74) is 2.74. The minimum Gasteiger partial charge on any atom is -0.392 e. The van der Waals surface area contributed by atoms with Crippen LogP contribution in [0, 0.1) is 0 Å². The maximum Gasteiger partial charge on any atom is 0.313 e. The fourth-order valence-corrected chi connectivity index (χ4v) is 2.47. The molecule has 0 bridgehead atoms. The highest BCUT2D eigenvalue weighted by Crippen LogP contribution is 2.16. The van der Waals surface area contributed by atoms with Crippen LogP contribution in [0.3, 0.4) is 0 Å². The van der Waals surface area contributed by atoms with Crippen LogP contribution in [0.2, 0.25) is 0 Å². The lowest BCUT2D eigenvalue weighted by molar-refractivity contribution is -0.136. The third-order valence-electron chi connectivity index (χ3n) is 3.78. The van der Waals surface area contributed by atoms with E-state index in [0.717, 1.165) is 16.5 Å². The number of carbonyl (C=O) groups excluding carboxylic acids is 2. The van der Waals surface area contributed by atoms with Crippen molar-refractivity contribution in [1.29, 1.82) is 0 Å². The van der Waals surface area contributed by atoms with E-state index in [1.54, 1.807) is 24.3 Å². The predicted molar refractivity (Wildman–Crippen MR) is 94.6 cm³/mol. The molecule has 0 saturated heterocycles. The fraction of sp³-hybridized carbons (Fsp3) is 0.105. The molecular formula is C19H17N3O3. The Bertz CT molecular complexity index is 924. The molecule has 2 aromatic carbocycles. The number of nitrogens with zero attached hydrogens (tertiary/aromatic N) is 1. The van der Waals surface area contributed by atoms with Gasteiger partial charge < -0.3 is 15.7 Å². The van der Waals surface area contributed by atoms with Crippen molar-refractivity contribution in [2.75, 3.05) is 5.32 Å². The maximum absolute atomic E-state index is 12.0. The Morgan fingerprint density at radius 3 is 2.48 bits per heavy atom. The molecule has 0 spiro atoms. The van der Waals surface area contributed by atoms with Gasteiger partial charge in [-0.3, -0.25) is 14.6 Å². The summed E-state index contributed by atoms with van der Waals surface area (Å²) in [6.45, 7) is 0.0416. The van der Waals surface area contributed by atoms with E-state index in [9.17, 15) is 14.7 Å². The van der Waals surface area contributed by atoms with Crippen LogP contribution in [0.1, 0.15) is 11.1 Å². The Kier molecular flexibility index (Phi) is 5.01. The molecule has 0 aliphatic carbocycles. The summed E-state index contributed by atoms with van der Waals surface area (Å²) in [6, 6.07) is 16.4. The maximum atomic E-state index is 12.0. The molecule has 3 N–H and O–H groups in total. The second kappa shape index (κ2) is 7.55. The standard InChI is InChI=1S/C19H17N3O3/c23-12-15-7-2-1-6-14(15)10-21-18(24)19(25)22-16-9-13-5-3-4-8-17(13)20-11-16/h1-9,11,23H,10,12H2,(H,21,24)(H,22,25). The van der Waals surface area contributed by atoms with Gasteiger partial charge in [0.15, 0.2) is 0 Å². The molecule has 126 valence electrons. The monoisotopic (exact) mass is 335 g/mol. The average molecular weight is 335 g/mol. The Morgan fingerprint density at radius 1 is 0.960 bits per heavy atom. The van der Waals surface area contributed by atoms with Crippen molar-refractivity contribution in [3.63, 3.8) is 0 Å². The average Bonchev–Trinajstić information content (AvgIpc) is 2.66. The van der Waals surface area contributed by atoms with Gasteiger partial charge in [-0.2, -0.15) is 0 Å². The number of aliphatic hydroxyl groups excluding tert-OH is 1. The van der Waals surface area contributed by atoms with Gasteiger partial charge in [-0.15, -0.1) is 0 Å². The van der Waals surface area contributed by atoms with Crippen LogP contribution in [0.25, 0.3) is 10.9 Å². The van der Waals surface area contributed by atoms with Gasteiger partial charge in [-0.25, -0.2) is 0 Å². The summed E-state index contributed by atoms with van der Waals surface area (Å²) in [6.07, 6.45) is 1.51. The van der Waals surface area contributed by atoms with Crippen LogP contribution in [0.4, 0.5) is 5.69 Å². The topological polar surface area (TPSA) is 91.3 Å². The van der Waals surface area contributed by atoms with Crippen LogP contribution in [-0.4, -0.2) is 21.9 Å². The Balaban J connectivity index is 1.63. The lowest BCUT2D eigenvalue weighted by atomic mass is 10.1. The first kappa shape index (κ1) is 16.6. The highest BCUT2D eigenvalue weighted by atomic mass is 16.3. The number of hydrogen-bond acceptors (Lipinski definition) is 4. The van der Waals surface area contributed by atoms with Crippen molar-refractivity contribution in [3.05, 3.63) is 71.9 Å². The van der Waals surface area contributed by atoms with E-state index in [1.807, 2.05) is 30.3 Å². The van der Waals surface area contributed by atoms with E-state index in [-0.39, 0.29) is 13.2 Å². The van der Waals surface area contributed by atoms with Crippen molar-refractivity contribution in [2.24, 2.45) is 0 Å². The summed E-state index contributed by atoms with van der Waals surface area (Å²) in [5, 5.41) is 15.2. The van der Waals surface area contributed by atoms with E-state index < -0.39 is 11.8 Å². The van der Waals surface area contributed by atoms with Gasteiger partial charge in [0.05, 0.1) is 24.0 Å². The molecule has 25 heavy (non-hydrogen) atoms. The first-order chi connectivity index (χ1) is 12.2. The number of hydrogen-bond donors (Lipinski definition) is 3. The van der Waals surface area contributed by atoms with Gasteiger partial charge in [0.25, 0.3) is 0 Å². The number of anilines is 1. The molecule has 0 unspecified atom stereocenters. The van der Waals surface area contributed by atoms with E-state index in [4.69, 9.17) is 0 Å². The molecule has 3 rings (SSSR count). The van der Waals surface area contributed by atoms with Gasteiger partial charge in [0.2, 0.25) is 0 Å². The normalized spacial score (nSPS) is 10.4. The zero-order chi connectivity index (χ0) is 17.6. The van der Waals surface area contributed by atoms with Crippen LogP contribution < -0.4 is 10.6 Å². The molecule has 0 saturated carbocycles. The molecule has 6 heteroatoms. The number of rotatable bonds is 4. The van der Waals surface area contributed by atoms with Crippen molar-refractivity contribution in [1.82, 2.24) is 10.3 Å². The molecule has 6 nitrogen and oxygen atoms in total. The van der Waals surface area contributed by atoms with Crippen LogP contribution >= 0.6 is 0 Å². The summed E-state index contributed by atoms with van der Waals surface area (Å²) in [5.74, 6) is -1.51. The molecule has 2 amide bonds. The van der Waals surface area contributed by atoms with E-state index >= 15 is 0 Å². The Hall–Kier alpha value is -3.25. The van der Waals surface area contributed by atoms with Crippen molar-refractivity contribution < 1.29 is 14.7 Å². The van der Waals surface area contributed by atoms with Gasteiger partial charge in [-0.05, 0) is 23.3 Å². The minimum absolute atomic E-state index is 0.124. The number of aromatic nitrogens is 1. The lowest BCUT2D eigenvalue weighted by Crippen LogP contribution is -2.35. The number of amides is 2. The summed E-state index contributed by atoms with van der Waals surface area (Å²) in [7, 11) is 0. The molecule has 0 aliphatic rings. The SMILES string of the molecule is O=C(NCc1ccccc1CO)C(=O)Nc1cnc2ccccc2c1. The summed E-state index contributed by atoms with van der Waals surface area (Å²) in [4.78, 5) is 28.2. The number of nitrogens with one attached hydrogen (secondary N) is 2. The van der Waals surface area contributed by atoms with Gasteiger partial charge in [-0.1, -0.05) is 42.5 Å². The van der Waals surface area contributed by atoms with E-state index in [2.05, 4.69) is 15.6 Å². The quantitative estimate of drug-likeness (QED) is 0.636. The van der Waals surface area contributed by atoms with Crippen molar-refractivity contribution in [2.45, 2.75) is 13.2 Å². The van der Waals surface area contributed by atoms with Gasteiger partial charge in [0, 0.05) is 11.9 Å². The molecular weight excluding hydrogens is 318 g/mol. The molecule has 1 heterocycles. The van der Waals surface area contributed by atoms with Crippen molar-refractivity contribution in [3.8, 4) is 0 Å². The fourth-order valence-electron chi connectivity index (χ4n) is 2.47. The smallest absolute Gasteiger partial charge is 0.313 e. The van der Waals surface area contributed by atoms with Crippen LogP contribution in [0.15, 0.2) is 60.8 Å². The van der Waals surface area contributed by atoms with Gasteiger partial charge in [0.1, 0.15) is 0 Å².